The summed E-state index contributed by atoms with van der Waals surface area (Å²) in [4.78, 5) is 22.0. The number of rotatable bonds is 4. The highest BCUT2D eigenvalue weighted by molar-refractivity contribution is 6.30. The average molecular weight is 333 g/mol. The summed E-state index contributed by atoms with van der Waals surface area (Å²) in [5.74, 6) is 0.438. The van der Waals surface area contributed by atoms with Gasteiger partial charge in [-0.05, 0) is 30.3 Å². The summed E-state index contributed by atoms with van der Waals surface area (Å²) in [6.07, 6.45) is 1.42. The van der Waals surface area contributed by atoms with Gasteiger partial charge in [-0.2, -0.15) is 0 Å². The number of benzene rings is 1. The molecule has 0 atom stereocenters. The zero-order chi connectivity index (χ0) is 16.4. The Kier molecular flexibility index (Phi) is 3.90. The maximum Gasteiger partial charge on any atom is 0.334 e. The van der Waals surface area contributed by atoms with Crippen LogP contribution in [0.2, 0.25) is 5.02 Å². The third-order valence-electron chi connectivity index (χ3n) is 3.06. The van der Waals surface area contributed by atoms with Crippen LogP contribution >= 0.6 is 11.6 Å². The Morgan fingerprint density at radius 2 is 1.96 bits per heavy atom. The fourth-order valence-corrected chi connectivity index (χ4v) is 2.09. The summed E-state index contributed by atoms with van der Waals surface area (Å²) in [7, 11) is 0. The molecule has 116 valence electrons. The maximum atomic E-state index is 11.9. The van der Waals surface area contributed by atoms with Crippen molar-refractivity contribution in [2.24, 2.45) is 0 Å². The van der Waals surface area contributed by atoms with Crippen LogP contribution in [0.4, 0.5) is 5.69 Å². The van der Waals surface area contributed by atoms with Crippen molar-refractivity contribution >= 4 is 17.3 Å². The van der Waals surface area contributed by atoms with E-state index in [-0.39, 0.29) is 18.3 Å². The normalized spacial score (nSPS) is 10.7. The van der Waals surface area contributed by atoms with E-state index < -0.39 is 16.2 Å². The summed E-state index contributed by atoms with van der Waals surface area (Å²) in [5.41, 5.74) is -0.562. The van der Waals surface area contributed by atoms with Crippen molar-refractivity contribution < 1.29 is 9.34 Å². The summed E-state index contributed by atoms with van der Waals surface area (Å²) in [5, 5.41) is 19.1. The molecule has 0 fully saturated rings. The number of aromatic nitrogens is 3. The smallest absolute Gasteiger partial charge is 0.334 e. The second-order valence-electron chi connectivity index (χ2n) is 4.59. The van der Waals surface area contributed by atoms with Crippen molar-refractivity contribution in [2.45, 2.75) is 6.54 Å². The highest BCUT2D eigenvalue weighted by Crippen LogP contribution is 2.20. The van der Waals surface area contributed by atoms with Gasteiger partial charge in [-0.1, -0.05) is 11.6 Å². The Morgan fingerprint density at radius 3 is 2.65 bits per heavy atom. The van der Waals surface area contributed by atoms with Crippen LogP contribution in [-0.4, -0.2) is 19.7 Å². The van der Waals surface area contributed by atoms with Gasteiger partial charge in [0.15, 0.2) is 0 Å². The number of pyridine rings is 1. The molecule has 0 aliphatic heterocycles. The number of hydrogen-bond acceptors (Lipinski definition) is 6. The summed E-state index contributed by atoms with van der Waals surface area (Å²) >= 11 is 5.81. The van der Waals surface area contributed by atoms with Crippen LogP contribution in [0.25, 0.3) is 11.5 Å². The molecule has 0 aliphatic rings. The molecule has 2 heterocycles. The quantitative estimate of drug-likeness (QED) is 0.537. The van der Waals surface area contributed by atoms with Crippen LogP contribution in [0, 0.1) is 10.1 Å². The topological polar surface area (TPSA) is 104 Å². The molecule has 9 heteroatoms. The minimum atomic E-state index is -0.733. The standard InChI is InChI=1S/C14H9ClN4O4/c15-10-5-3-9(4-6-10)13-17-16-12(23-13)8-18-7-1-2-11(14(18)20)19(21)22/h1-7H,8H2. The first-order valence-electron chi connectivity index (χ1n) is 6.47. The molecule has 0 bridgehead atoms. The predicted molar refractivity (Wildman–Crippen MR) is 81.2 cm³/mol. The van der Waals surface area contributed by atoms with Crippen molar-refractivity contribution in [3.63, 3.8) is 0 Å². The van der Waals surface area contributed by atoms with E-state index in [2.05, 4.69) is 10.2 Å². The molecular weight excluding hydrogens is 324 g/mol. The highest BCUT2D eigenvalue weighted by Gasteiger charge is 2.15. The second kappa shape index (κ2) is 6.01. The first-order valence-corrected chi connectivity index (χ1v) is 6.84. The van der Waals surface area contributed by atoms with Gasteiger partial charge in [0.25, 0.3) is 0 Å². The second-order valence-corrected chi connectivity index (χ2v) is 5.03. The lowest BCUT2D eigenvalue weighted by Crippen LogP contribution is -2.22. The zero-order valence-corrected chi connectivity index (χ0v) is 12.3. The van der Waals surface area contributed by atoms with Gasteiger partial charge < -0.3 is 8.98 Å². The molecule has 2 aromatic heterocycles. The predicted octanol–water partition coefficient (Wildman–Crippen LogP) is 2.51. The first-order chi connectivity index (χ1) is 11.0. The molecule has 0 unspecified atom stereocenters. The van der Waals surface area contributed by atoms with Gasteiger partial charge in [0, 0.05) is 22.8 Å². The molecule has 0 aliphatic carbocycles. The Balaban J connectivity index is 1.88. The third-order valence-corrected chi connectivity index (χ3v) is 3.31. The lowest BCUT2D eigenvalue weighted by molar-refractivity contribution is -0.386. The fourth-order valence-electron chi connectivity index (χ4n) is 1.96. The number of nitro groups is 1. The fraction of sp³-hybridized carbons (Fsp3) is 0.0714. The minimum Gasteiger partial charge on any atom is -0.419 e. The van der Waals surface area contributed by atoms with Crippen molar-refractivity contribution in [1.82, 2.24) is 14.8 Å². The number of halogens is 1. The number of hydrogen-bond donors (Lipinski definition) is 0. The van der Waals surface area contributed by atoms with E-state index in [9.17, 15) is 14.9 Å². The summed E-state index contributed by atoms with van der Waals surface area (Å²) in [6.45, 7) is -0.0545. The Morgan fingerprint density at radius 1 is 1.22 bits per heavy atom. The van der Waals surface area contributed by atoms with E-state index in [4.69, 9.17) is 16.0 Å². The Labute approximate surface area is 134 Å². The van der Waals surface area contributed by atoms with E-state index >= 15 is 0 Å². The van der Waals surface area contributed by atoms with Crippen LogP contribution in [0.3, 0.4) is 0 Å². The van der Waals surface area contributed by atoms with E-state index in [1.165, 1.54) is 12.3 Å². The first kappa shape index (κ1) is 14.9. The summed E-state index contributed by atoms with van der Waals surface area (Å²) in [6, 6.07) is 9.37. The van der Waals surface area contributed by atoms with Crippen molar-refractivity contribution in [2.75, 3.05) is 0 Å². The monoisotopic (exact) mass is 332 g/mol. The van der Waals surface area contributed by atoms with Crippen molar-refractivity contribution in [3.8, 4) is 11.5 Å². The molecule has 23 heavy (non-hydrogen) atoms. The van der Waals surface area contributed by atoms with Gasteiger partial charge in [-0.15, -0.1) is 10.2 Å². The van der Waals surface area contributed by atoms with E-state index in [1.807, 2.05) is 0 Å². The molecule has 0 radical (unpaired) electrons. The molecule has 1 aromatic carbocycles. The molecule has 8 nitrogen and oxygen atoms in total. The van der Waals surface area contributed by atoms with Crippen LogP contribution in [0.5, 0.6) is 0 Å². The molecule has 0 saturated heterocycles. The lowest BCUT2D eigenvalue weighted by atomic mass is 10.2. The van der Waals surface area contributed by atoms with Gasteiger partial charge in [-0.25, -0.2) is 0 Å². The number of nitrogens with zero attached hydrogens (tertiary/aromatic N) is 4. The Bertz CT molecular complexity index is 917. The molecule has 3 rings (SSSR count). The lowest BCUT2D eigenvalue weighted by Gasteiger charge is -2.01. The van der Waals surface area contributed by atoms with Gasteiger partial charge in [0.05, 0.1) is 4.92 Å². The molecule has 0 spiro atoms. The average Bonchev–Trinajstić information content (AvgIpc) is 2.98. The van der Waals surface area contributed by atoms with Crippen molar-refractivity contribution in [3.05, 3.63) is 74.0 Å². The molecule has 0 amide bonds. The van der Waals surface area contributed by atoms with Gasteiger partial charge >= 0.3 is 11.2 Å². The van der Waals surface area contributed by atoms with E-state index in [0.717, 1.165) is 10.6 Å². The minimum absolute atomic E-state index is 0.0545. The maximum absolute atomic E-state index is 11.9. The largest absolute Gasteiger partial charge is 0.419 e. The third kappa shape index (κ3) is 3.11. The highest BCUT2D eigenvalue weighted by atomic mass is 35.5. The van der Waals surface area contributed by atoms with Crippen LogP contribution in [0.15, 0.2) is 51.8 Å². The van der Waals surface area contributed by atoms with E-state index in [1.54, 1.807) is 24.3 Å². The van der Waals surface area contributed by atoms with Gasteiger partial charge in [0.2, 0.25) is 11.8 Å². The Hall–Kier alpha value is -3.00. The molecular formula is C14H9ClN4O4. The van der Waals surface area contributed by atoms with Gasteiger partial charge in [0.1, 0.15) is 6.54 Å². The van der Waals surface area contributed by atoms with Crippen LogP contribution in [0.1, 0.15) is 5.89 Å². The molecule has 3 aromatic rings. The van der Waals surface area contributed by atoms with E-state index in [0.29, 0.717) is 10.6 Å². The summed E-state index contributed by atoms with van der Waals surface area (Å²) < 4.78 is 6.61. The van der Waals surface area contributed by atoms with Gasteiger partial charge in [-0.3, -0.25) is 14.9 Å². The molecule has 0 saturated carbocycles. The molecule has 0 N–H and O–H groups in total. The SMILES string of the molecule is O=c1c([N+](=O)[O-])cccn1Cc1nnc(-c2ccc(Cl)cc2)o1. The van der Waals surface area contributed by atoms with Crippen LogP contribution in [-0.2, 0) is 6.54 Å². The van der Waals surface area contributed by atoms with Crippen molar-refractivity contribution in [1.29, 1.82) is 0 Å². The zero-order valence-electron chi connectivity index (χ0n) is 11.5. The van der Waals surface area contributed by atoms with Crippen LogP contribution < -0.4 is 5.56 Å².